The molecule has 2 heteroatoms. The van der Waals surface area contributed by atoms with Crippen molar-refractivity contribution in [3.05, 3.63) is 47.0 Å². The molecule has 0 aliphatic rings. The Morgan fingerprint density at radius 2 is 1.89 bits per heavy atom. The number of nitriles is 2. The fourth-order valence-electron chi connectivity index (χ4n) is 2.25. The maximum absolute atomic E-state index is 9.29. The molecule has 0 aliphatic carbocycles. The number of aryl methyl sites for hydroxylation is 1. The zero-order chi connectivity index (χ0) is 13.0. The smallest absolute Gasteiger partial charge is 0.101 e. The largest absolute Gasteiger partial charge is 0.192 e. The standard InChI is InChI=1S/C16H14N2/c1-2-3-7-15-14-8-5-4-6-12(14)9-13(10-17)16(15)11-18/h4-6,8-9H,2-3,7H2,1H3. The second-order valence-corrected chi connectivity index (χ2v) is 4.33. The monoisotopic (exact) mass is 234 g/mol. The van der Waals surface area contributed by atoms with E-state index in [0.717, 1.165) is 35.6 Å². The Balaban J connectivity index is 2.76. The van der Waals surface area contributed by atoms with Crippen molar-refractivity contribution in [3.8, 4) is 12.1 Å². The molecular formula is C16H14N2. The predicted octanol–water partition coefficient (Wildman–Crippen LogP) is 3.93. The number of fused-ring (bicyclic) bond motifs is 1. The highest BCUT2D eigenvalue weighted by Crippen LogP contribution is 2.26. The van der Waals surface area contributed by atoms with Crippen LogP contribution in [0.5, 0.6) is 0 Å². The third-order valence-electron chi connectivity index (χ3n) is 3.17. The van der Waals surface area contributed by atoms with Gasteiger partial charge in [0.25, 0.3) is 0 Å². The maximum Gasteiger partial charge on any atom is 0.101 e. The molecule has 0 aliphatic heterocycles. The van der Waals surface area contributed by atoms with Gasteiger partial charge in [-0.05, 0) is 35.2 Å². The van der Waals surface area contributed by atoms with Crippen LogP contribution in [0.15, 0.2) is 30.3 Å². The average Bonchev–Trinajstić information content (AvgIpc) is 2.43. The second kappa shape index (κ2) is 5.34. The summed E-state index contributed by atoms with van der Waals surface area (Å²) >= 11 is 0. The summed E-state index contributed by atoms with van der Waals surface area (Å²) in [6, 6.07) is 14.1. The molecule has 0 fully saturated rings. The Labute approximate surface area is 107 Å². The van der Waals surface area contributed by atoms with Gasteiger partial charge in [0, 0.05) is 0 Å². The molecule has 0 heterocycles. The fraction of sp³-hybridized carbons (Fsp3) is 0.250. The van der Waals surface area contributed by atoms with Gasteiger partial charge in [0.15, 0.2) is 0 Å². The zero-order valence-corrected chi connectivity index (χ0v) is 10.4. The topological polar surface area (TPSA) is 47.6 Å². The lowest BCUT2D eigenvalue weighted by atomic mass is 9.92. The molecule has 2 aromatic rings. The van der Waals surface area contributed by atoms with Crippen molar-refractivity contribution in [3.63, 3.8) is 0 Å². The number of nitrogens with zero attached hydrogens (tertiary/aromatic N) is 2. The number of rotatable bonds is 3. The summed E-state index contributed by atoms with van der Waals surface area (Å²) in [6.45, 7) is 2.13. The Kier molecular flexibility index (Phi) is 3.60. The first kappa shape index (κ1) is 12.1. The van der Waals surface area contributed by atoms with E-state index in [4.69, 9.17) is 5.26 Å². The lowest BCUT2D eigenvalue weighted by Gasteiger charge is -2.10. The average molecular weight is 234 g/mol. The summed E-state index contributed by atoms with van der Waals surface area (Å²) in [6.07, 6.45) is 2.97. The Morgan fingerprint density at radius 1 is 1.11 bits per heavy atom. The highest BCUT2D eigenvalue weighted by Gasteiger charge is 2.12. The minimum atomic E-state index is 0.488. The molecule has 0 radical (unpaired) electrons. The normalized spacial score (nSPS) is 9.94. The van der Waals surface area contributed by atoms with Gasteiger partial charge in [0.05, 0.1) is 11.1 Å². The molecule has 0 saturated carbocycles. The molecule has 0 bridgehead atoms. The van der Waals surface area contributed by atoms with Crippen LogP contribution in [0.2, 0.25) is 0 Å². The molecule has 18 heavy (non-hydrogen) atoms. The molecule has 2 aromatic carbocycles. The van der Waals surface area contributed by atoms with Gasteiger partial charge >= 0.3 is 0 Å². The van der Waals surface area contributed by atoms with Crippen molar-refractivity contribution in [2.45, 2.75) is 26.2 Å². The van der Waals surface area contributed by atoms with Gasteiger partial charge in [-0.25, -0.2) is 0 Å². The van der Waals surface area contributed by atoms with Crippen molar-refractivity contribution in [2.75, 3.05) is 0 Å². The van der Waals surface area contributed by atoms with Crippen LogP contribution >= 0.6 is 0 Å². The van der Waals surface area contributed by atoms with E-state index < -0.39 is 0 Å². The molecule has 88 valence electrons. The Hall–Kier alpha value is -2.32. The summed E-state index contributed by atoms with van der Waals surface area (Å²) in [7, 11) is 0. The van der Waals surface area contributed by atoms with E-state index in [9.17, 15) is 5.26 Å². The number of unbranched alkanes of at least 4 members (excludes halogenated alkanes) is 1. The summed E-state index contributed by atoms with van der Waals surface area (Å²) in [4.78, 5) is 0. The fourth-order valence-corrected chi connectivity index (χ4v) is 2.25. The quantitative estimate of drug-likeness (QED) is 0.807. The third-order valence-corrected chi connectivity index (χ3v) is 3.17. The predicted molar refractivity (Wildman–Crippen MR) is 72.0 cm³/mol. The first-order valence-electron chi connectivity index (χ1n) is 6.16. The van der Waals surface area contributed by atoms with Crippen LogP contribution in [0.4, 0.5) is 0 Å². The Bertz CT molecular complexity index is 657. The van der Waals surface area contributed by atoms with Gasteiger partial charge < -0.3 is 0 Å². The van der Waals surface area contributed by atoms with Gasteiger partial charge in [-0.15, -0.1) is 0 Å². The molecular weight excluding hydrogens is 220 g/mol. The molecule has 0 aromatic heterocycles. The molecule has 2 rings (SSSR count). The number of hydrogen-bond acceptors (Lipinski definition) is 2. The summed E-state index contributed by atoms with van der Waals surface area (Å²) in [5.41, 5.74) is 2.06. The van der Waals surface area contributed by atoms with Crippen LogP contribution in [-0.4, -0.2) is 0 Å². The molecule has 0 unspecified atom stereocenters. The SMILES string of the molecule is CCCCc1c(C#N)c(C#N)cc2ccccc12. The van der Waals surface area contributed by atoms with Crippen LogP contribution in [0.1, 0.15) is 36.5 Å². The first-order valence-corrected chi connectivity index (χ1v) is 6.16. The van der Waals surface area contributed by atoms with Gasteiger partial charge in [-0.3, -0.25) is 0 Å². The lowest BCUT2D eigenvalue weighted by molar-refractivity contribution is 0.797. The van der Waals surface area contributed by atoms with E-state index in [-0.39, 0.29) is 0 Å². The van der Waals surface area contributed by atoms with Crippen LogP contribution < -0.4 is 0 Å². The van der Waals surface area contributed by atoms with Crippen LogP contribution in [0, 0.1) is 22.7 Å². The molecule has 0 N–H and O–H groups in total. The highest BCUT2D eigenvalue weighted by molar-refractivity contribution is 5.89. The van der Waals surface area contributed by atoms with Gasteiger partial charge in [0.1, 0.15) is 12.1 Å². The summed E-state index contributed by atoms with van der Waals surface area (Å²) in [5.74, 6) is 0. The van der Waals surface area contributed by atoms with E-state index >= 15 is 0 Å². The first-order chi connectivity index (χ1) is 8.81. The minimum absolute atomic E-state index is 0.488. The second-order valence-electron chi connectivity index (χ2n) is 4.33. The van der Waals surface area contributed by atoms with Crippen LogP contribution in [0.25, 0.3) is 10.8 Å². The summed E-state index contributed by atoms with van der Waals surface area (Å²) in [5, 5.41) is 20.6. The van der Waals surface area contributed by atoms with Crippen molar-refractivity contribution in [2.24, 2.45) is 0 Å². The highest BCUT2D eigenvalue weighted by atomic mass is 14.3. The summed E-state index contributed by atoms with van der Waals surface area (Å²) < 4.78 is 0. The minimum Gasteiger partial charge on any atom is -0.192 e. The van der Waals surface area contributed by atoms with Gasteiger partial charge in [0.2, 0.25) is 0 Å². The van der Waals surface area contributed by atoms with Crippen molar-refractivity contribution in [1.29, 1.82) is 10.5 Å². The van der Waals surface area contributed by atoms with Crippen molar-refractivity contribution < 1.29 is 0 Å². The van der Waals surface area contributed by atoms with E-state index in [0.29, 0.717) is 11.1 Å². The Morgan fingerprint density at radius 3 is 2.56 bits per heavy atom. The van der Waals surface area contributed by atoms with E-state index in [1.807, 2.05) is 30.3 Å². The lowest BCUT2D eigenvalue weighted by Crippen LogP contribution is -1.96. The van der Waals surface area contributed by atoms with Gasteiger partial charge in [-0.1, -0.05) is 37.6 Å². The number of benzene rings is 2. The van der Waals surface area contributed by atoms with Crippen molar-refractivity contribution >= 4 is 10.8 Å². The van der Waals surface area contributed by atoms with Gasteiger partial charge in [-0.2, -0.15) is 10.5 Å². The van der Waals surface area contributed by atoms with Crippen LogP contribution in [-0.2, 0) is 6.42 Å². The molecule has 2 nitrogen and oxygen atoms in total. The molecule has 0 spiro atoms. The maximum atomic E-state index is 9.29. The molecule has 0 atom stereocenters. The molecule has 0 amide bonds. The third kappa shape index (κ3) is 2.06. The van der Waals surface area contributed by atoms with Crippen molar-refractivity contribution in [1.82, 2.24) is 0 Å². The number of hydrogen-bond donors (Lipinski definition) is 0. The zero-order valence-electron chi connectivity index (χ0n) is 10.4. The molecule has 0 saturated heterocycles. The van der Waals surface area contributed by atoms with E-state index in [1.165, 1.54) is 0 Å². The van der Waals surface area contributed by atoms with E-state index in [2.05, 4.69) is 19.1 Å². The van der Waals surface area contributed by atoms with E-state index in [1.54, 1.807) is 0 Å². The van der Waals surface area contributed by atoms with Crippen LogP contribution in [0.3, 0.4) is 0 Å².